The Hall–Kier alpha value is -2.47. The van der Waals surface area contributed by atoms with Crippen molar-refractivity contribution in [2.75, 3.05) is 6.54 Å². The Bertz CT molecular complexity index is 793. The summed E-state index contributed by atoms with van der Waals surface area (Å²) in [5.74, 6) is -0.333. The van der Waals surface area contributed by atoms with Gasteiger partial charge in [0.1, 0.15) is 17.1 Å². The lowest BCUT2D eigenvalue weighted by Gasteiger charge is -2.20. The summed E-state index contributed by atoms with van der Waals surface area (Å²) >= 11 is 1.16. The molecule has 0 aliphatic carbocycles. The third-order valence-corrected chi connectivity index (χ3v) is 5.28. The number of carboxylic acid groups (broad SMARTS) is 1. The van der Waals surface area contributed by atoms with Crippen molar-refractivity contribution in [2.45, 2.75) is 43.4 Å². The highest BCUT2D eigenvalue weighted by molar-refractivity contribution is 8.00. The van der Waals surface area contributed by atoms with Crippen molar-refractivity contribution in [1.29, 1.82) is 0 Å². The highest BCUT2D eigenvalue weighted by Crippen LogP contribution is 2.27. The van der Waals surface area contributed by atoms with E-state index in [1.807, 2.05) is 38.1 Å². The van der Waals surface area contributed by atoms with E-state index in [9.17, 15) is 9.59 Å². The average Bonchev–Trinajstić information content (AvgIpc) is 2.66. The van der Waals surface area contributed by atoms with Gasteiger partial charge >= 0.3 is 5.97 Å². The monoisotopic (exact) mass is 387 g/mol. The summed E-state index contributed by atoms with van der Waals surface area (Å²) in [6.07, 6.45) is 0.606. The Morgan fingerprint density at radius 1 is 1.15 bits per heavy atom. The molecule has 0 fully saturated rings. The molecule has 0 bridgehead atoms. The highest BCUT2D eigenvalue weighted by atomic mass is 32.2. The number of para-hydroxylation sites is 1. The van der Waals surface area contributed by atoms with Crippen molar-refractivity contribution < 1.29 is 19.4 Å². The van der Waals surface area contributed by atoms with Crippen LogP contribution < -0.4 is 10.1 Å². The first-order valence-electron chi connectivity index (χ1n) is 8.91. The van der Waals surface area contributed by atoms with Gasteiger partial charge in [-0.05, 0) is 44.0 Å². The third-order valence-electron chi connectivity index (χ3n) is 4.12. The quantitative estimate of drug-likeness (QED) is 0.632. The molecule has 0 heterocycles. The number of nitrogens with one attached hydrogen (secondary N) is 1. The summed E-state index contributed by atoms with van der Waals surface area (Å²) in [5, 5.41) is 11.4. The molecule has 2 N–H and O–H groups in total. The second-order valence-electron chi connectivity index (χ2n) is 6.22. The Morgan fingerprint density at radius 2 is 1.81 bits per heavy atom. The van der Waals surface area contributed by atoms with Crippen molar-refractivity contribution in [3.8, 4) is 5.75 Å². The zero-order valence-corrected chi connectivity index (χ0v) is 16.6. The van der Waals surface area contributed by atoms with E-state index in [0.29, 0.717) is 17.0 Å². The Morgan fingerprint density at radius 3 is 2.48 bits per heavy atom. The summed E-state index contributed by atoms with van der Waals surface area (Å²) in [6.45, 7) is 5.97. The normalized spacial score (nSPS) is 12.9. The molecule has 1 amide bonds. The van der Waals surface area contributed by atoms with Crippen molar-refractivity contribution in [1.82, 2.24) is 5.32 Å². The molecule has 2 rings (SSSR count). The zero-order valence-electron chi connectivity index (χ0n) is 15.8. The fourth-order valence-electron chi connectivity index (χ4n) is 2.44. The summed E-state index contributed by atoms with van der Waals surface area (Å²) in [6, 6.07) is 14.8. The van der Waals surface area contributed by atoms with Crippen LogP contribution in [0.5, 0.6) is 5.75 Å². The van der Waals surface area contributed by atoms with E-state index in [2.05, 4.69) is 5.32 Å². The Kier molecular flexibility index (Phi) is 7.73. The van der Waals surface area contributed by atoms with E-state index < -0.39 is 11.2 Å². The molecule has 0 radical (unpaired) electrons. The summed E-state index contributed by atoms with van der Waals surface area (Å²) in [5.41, 5.74) is 1.52. The molecule has 0 saturated carbocycles. The summed E-state index contributed by atoms with van der Waals surface area (Å²) < 4.78 is 6.01. The summed E-state index contributed by atoms with van der Waals surface area (Å²) in [7, 11) is 0. The van der Waals surface area contributed by atoms with Gasteiger partial charge in [0.05, 0.1) is 12.1 Å². The number of ether oxygens (including phenoxy) is 1. The van der Waals surface area contributed by atoms with Crippen LogP contribution in [0.4, 0.5) is 0 Å². The molecule has 0 saturated heterocycles. The lowest BCUT2D eigenvalue weighted by Crippen LogP contribution is -2.35. The highest BCUT2D eigenvalue weighted by Gasteiger charge is 2.19. The Balaban J connectivity index is 2.02. The predicted octanol–water partition coefficient (Wildman–Crippen LogP) is 4.15. The summed E-state index contributed by atoms with van der Waals surface area (Å²) in [4.78, 5) is 24.4. The van der Waals surface area contributed by atoms with Crippen LogP contribution in [0.25, 0.3) is 0 Å². The molecule has 6 heteroatoms. The maximum atomic E-state index is 12.6. The van der Waals surface area contributed by atoms with Crippen molar-refractivity contribution in [3.05, 3.63) is 59.7 Å². The molecule has 2 aromatic carbocycles. The fourth-order valence-corrected chi connectivity index (χ4v) is 3.36. The maximum Gasteiger partial charge on any atom is 0.316 e. The average molecular weight is 388 g/mol. The number of carbonyl (C=O) groups is 2. The maximum absolute atomic E-state index is 12.6. The van der Waals surface area contributed by atoms with Crippen LogP contribution in [0, 0.1) is 6.92 Å². The van der Waals surface area contributed by atoms with E-state index in [1.54, 1.807) is 31.2 Å². The number of carbonyl (C=O) groups excluding carboxylic acids is 1. The molecule has 2 atom stereocenters. The third kappa shape index (κ3) is 6.03. The van der Waals surface area contributed by atoms with Gasteiger partial charge in [0.2, 0.25) is 0 Å². The van der Waals surface area contributed by atoms with Gasteiger partial charge in [0.15, 0.2) is 0 Å². The number of rotatable bonds is 9. The first-order valence-corrected chi connectivity index (χ1v) is 9.79. The molecule has 27 heavy (non-hydrogen) atoms. The zero-order chi connectivity index (χ0) is 19.8. The minimum Gasteiger partial charge on any atom is -0.488 e. The van der Waals surface area contributed by atoms with Gasteiger partial charge in [-0.1, -0.05) is 37.3 Å². The predicted molar refractivity (Wildman–Crippen MR) is 108 cm³/mol. The molecule has 144 valence electrons. The van der Waals surface area contributed by atoms with Crippen molar-refractivity contribution in [3.63, 3.8) is 0 Å². The topological polar surface area (TPSA) is 75.6 Å². The molecule has 2 unspecified atom stereocenters. The largest absolute Gasteiger partial charge is 0.488 e. The van der Waals surface area contributed by atoms with Crippen molar-refractivity contribution >= 4 is 23.6 Å². The number of hydrogen-bond acceptors (Lipinski definition) is 4. The number of hydrogen-bond donors (Lipinski definition) is 2. The molecule has 0 spiro atoms. The van der Waals surface area contributed by atoms with E-state index in [1.165, 1.54) is 0 Å². The first kappa shape index (κ1) is 20.8. The van der Waals surface area contributed by atoms with Gasteiger partial charge in [-0.15, -0.1) is 11.8 Å². The molecule has 0 aliphatic heterocycles. The number of aryl methyl sites for hydroxylation is 1. The molecular formula is C21H25NO4S. The second-order valence-corrected chi connectivity index (χ2v) is 7.60. The van der Waals surface area contributed by atoms with Gasteiger partial charge in [0, 0.05) is 4.90 Å². The number of amides is 1. The molecule has 0 aromatic heterocycles. The number of benzene rings is 2. The standard InChI is InChI=1S/C21H25NO4S/c1-4-16(26-18-11-7-5-9-14(18)2)13-22-20(23)17-10-6-8-12-19(17)27-15(3)21(24)25/h5-12,15-16H,4,13H2,1-3H3,(H,22,23)(H,24,25). The van der Waals surface area contributed by atoms with E-state index in [-0.39, 0.29) is 12.0 Å². The smallest absolute Gasteiger partial charge is 0.316 e. The minimum atomic E-state index is -0.909. The number of carboxylic acids is 1. The fraction of sp³-hybridized carbons (Fsp3) is 0.333. The van der Waals surface area contributed by atoms with Gasteiger partial charge < -0.3 is 15.2 Å². The van der Waals surface area contributed by atoms with Crippen LogP contribution in [-0.4, -0.2) is 34.9 Å². The SMILES string of the molecule is CCC(CNC(=O)c1ccccc1SC(C)C(=O)O)Oc1ccccc1C. The van der Waals surface area contributed by atoms with E-state index in [4.69, 9.17) is 9.84 Å². The van der Waals surface area contributed by atoms with Gasteiger partial charge in [0.25, 0.3) is 5.91 Å². The number of aliphatic carboxylic acids is 1. The van der Waals surface area contributed by atoms with E-state index >= 15 is 0 Å². The Labute approximate surface area is 164 Å². The number of thioether (sulfide) groups is 1. The minimum absolute atomic E-state index is 0.146. The van der Waals surface area contributed by atoms with Crippen molar-refractivity contribution in [2.24, 2.45) is 0 Å². The van der Waals surface area contributed by atoms with Crippen LogP contribution in [0.2, 0.25) is 0 Å². The molecular weight excluding hydrogens is 362 g/mol. The van der Waals surface area contributed by atoms with Crippen LogP contribution in [-0.2, 0) is 4.79 Å². The van der Waals surface area contributed by atoms with E-state index in [0.717, 1.165) is 29.5 Å². The van der Waals surface area contributed by atoms with Gasteiger partial charge in [-0.3, -0.25) is 9.59 Å². The lowest BCUT2D eigenvalue weighted by atomic mass is 10.2. The van der Waals surface area contributed by atoms with Gasteiger partial charge in [-0.2, -0.15) is 0 Å². The van der Waals surface area contributed by atoms with Gasteiger partial charge in [-0.25, -0.2) is 0 Å². The van der Waals surface area contributed by atoms with Crippen LogP contribution in [0.3, 0.4) is 0 Å². The molecule has 0 aliphatic rings. The molecule has 2 aromatic rings. The lowest BCUT2D eigenvalue weighted by molar-refractivity contribution is -0.136. The van der Waals surface area contributed by atoms with Crippen LogP contribution in [0.1, 0.15) is 36.2 Å². The second kappa shape index (κ2) is 10.0. The van der Waals surface area contributed by atoms with Crippen LogP contribution in [0.15, 0.2) is 53.4 Å². The molecule has 5 nitrogen and oxygen atoms in total. The van der Waals surface area contributed by atoms with Crippen LogP contribution >= 0.6 is 11.8 Å². The first-order chi connectivity index (χ1) is 12.9.